The molecule has 2 heterocycles. The number of nitrogens with two attached hydrogens (primary N) is 1. The maximum Gasteiger partial charge on any atom is 0.170 e. The summed E-state index contributed by atoms with van der Waals surface area (Å²) < 4.78 is 1.80. The fourth-order valence-corrected chi connectivity index (χ4v) is 2.39. The summed E-state index contributed by atoms with van der Waals surface area (Å²) in [6.07, 6.45) is 2.10. The van der Waals surface area contributed by atoms with E-state index in [4.69, 9.17) is 5.73 Å². The smallest absolute Gasteiger partial charge is 0.170 e. The molecule has 1 saturated heterocycles. The number of para-hydroxylation sites is 1. The number of nitrogens with zero attached hydrogens (tertiary/aromatic N) is 5. The van der Waals surface area contributed by atoms with E-state index in [1.807, 2.05) is 30.3 Å². The number of benzene rings is 1. The average Bonchev–Trinajstić information content (AvgIpc) is 2.90. The monoisotopic (exact) mass is 258 g/mol. The quantitative estimate of drug-likeness (QED) is 0.872. The van der Waals surface area contributed by atoms with Gasteiger partial charge in [-0.25, -0.2) is 0 Å². The number of tetrazole rings is 1. The first-order chi connectivity index (χ1) is 9.33. The normalized spacial score (nSPS) is 17.7. The molecule has 1 aromatic heterocycles. The van der Waals surface area contributed by atoms with Crippen LogP contribution in [0.2, 0.25) is 0 Å². The zero-order valence-corrected chi connectivity index (χ0v) is 10.8. The van der Waals surface area contributed by atoms with Crippen LogP contribution in [-0.4, -0.2) is 44.2 Å². The third-order valence-corrected chi connectivity index (χ3v) is 3.53. The van der Waals surface area contributed by atoms with Crippen LogP contribution in [0.25, 0.3) is 5.69 Å². The molecule has 1 fully saturated rings. The third-order valence-electron chi connectivity index (χ3n) is 3.53. The molecule has 100 valence electrons. The Hall–Kier alpha value is -1.79. The Bertz CT molecular complexity index is 515. The molecule has 1 aromatic carbocycles. The number of rotatable bonds is 3. The summed E-state index contributed by atoms with van der Waals surface area (Å²) in [5.41, 5.74) is 6.92. The van der Waals surface area contributed by atoms with Crippen LogP contribution < -0.4 is 5.73 Å². The Morgan fingerprint density at radius 2 is 1.89 bits per heavy atom. The molecule has 0 atom stereocenters. The van der Waals surface area contributed by atoms with Gasteiger partial charge in [0, 0.05) is 19.1 Å². The fraction of sp³-hybridized carbons (Fsp3) is 0.462. The van der Waals surface area contributed by atoms with Crippen molar-refractivity contribution in [2.45, 2.75) is 25.4 Å². The van der Waals surface area contributed by atoms with Gasteiger partial charge < -0.3 is 5.73 Å². The van der Waals surface area contributed by atoms with E-state index < -0.39 is 0 Å². The van der Waals surface area contributed by atoms with Gasteiger partial charge in [-0.2, -0.15) is 4.68 Å². The highest BCUT2D eigenvalue weighted by Crippen LogP contribution is 2.13. The van der Waals surface area contributed by atoms with Crippen molar-refractivity contribution in [1.29, 1.82) is 0 Å². The van der Waals surface area contributed by atoms with Gasteiger partial charge in [-0.3, -0.25) is 4.90 Å². The zero-order chi connectivity index (χ0) is 13.1. The van der Waals surface area contributed by atoms with Crippen LogP contribution in [0.15, 0.2) is 30.3 Å². The molecule has 0 radical (unpaired) electrons. The predicted molar refractivity (Wildman–Crippen MR) is 71.6 cm³/mol. The van der Waals surface area contributed by atoms with Crippen molar-refractivity contribution in [1.82, 2.24) is 25.1 Å². The first-order valence-corrected chi connectivity index (χ1v) is 6.63. The Balaban J connectivity index is 1.74. The highest BCUT2D eigenvalue weighted by molar-refractivity contribution is 5.30. The molecule has 6 nitrogen and oxygen atoms in total. The fourth-order valence-electron chi connectivity index (χ4n) is 2.39. The summed E-state index contributed by atoms with van der Waals surface area (Å²) in [6.45, 7) is 2.81. The summed E-state index contributed by atoms with van der Waals surface area (Å²) in [6, 6.07) is 10.3. The molecule has 0 bridgehead atoms. The van der Waals surface area contributed by atoms with Crippen molar-refractivity contribution >= 4 is 0 Å². The van der Waals surface area contributed by atoms with Gasteiger partial charge in [0.25, 0.3) is 0 Å². The molecule has 3 rings (SSSR count). The van der Waals surface area contributed by atoms with Crippen molar-refractivity contribution in [3.05, 3.63) is 36.2 Å². The molecule has 0 amide bonds. The molecule has 6 heteroatoms. The lowest BCUT2D eigenvalue weighted by molar-refractivity contribution is 0.200. The average molecular weight is 258 g/mol. The van der Waals surface area contributed by atoms with Gasteiger partial charge in [0.15, 0.2) is 5.82 Å². The first kappa shape index (κ1) is 12.3. The molecule has 0 spiro atoms. The van der Waals surface area contributed by atoms with E-state index in [9.17, 15) is 0 Å². The molecule has 1 aliphatic rings. The standard InChI is InChI=1S/C13H18N6/c14-11-6-8-18(9-7-11)10-13-15-16-17-19(13)12-4-2-1-3-5-12/h1-5,11H,6-10,14H2. The highest BCUT2D eigenvalue weighted by Gasteiger charge is 2.18. The number of aromatic nitrogens is 4. The van der Waals surface area contributed by atoms with Gasteiger partial charge in [-0.05, 0) is 35.4 Å². The minimum atomic E-state index is 0.348. The topological polar surface area (TPSA) is 72.9 Å². The van der Waals surface area contributed by atoms with E-state index in [0.717, 1.165) is 44.0 Å². The lowest BCUT2D eigenvalue weighted by atomic mass is 10.1. The lowest BCUT2D eigenvalue weighted by Crippen LogP contribution is -2.39. The van der Waals surface area contributed by atoms with Crippen LogP contribution in [0.3, 0.4) is 0 Å². The van der Waals surface area contributed by atoms with Gasteiger partial charge in [0.2, 0.25) is 0 Å². The maximum absolute atomic E-state index is 5.92. The van der Waals surface area contributed by atoms with E-state index in [1.165, 1.54) is 0 Å². The number of piperidine rings is 1. The third kappa shape index (κ3) is 2.80. The molecule has 2 N–H and O–H groups in total. The van der Waals surface area contributed by atoms with Crippen LogP contribution in [0.1, 0.15) is 18.7 Å². The van der Waals surface area contributed by atoms with Crippen molar-refractivity contribution in [2.24, 2.45) is 5.73 Å². The van der Waals surface area contributed by atoms with Gasteiger partial charge in [0.05, 0.1) is 12.2 Å². The maximum atomic E-state index is 5.92. The van der Waals surface area contributed by atoms with Gasteiger partial charge in [0.1, 0.15) is 0 Å². The summed E-state index contributed by atoms with van der Waals surface area (Å²) in [4.78, 5) is 2.36. The SMILES string of the molecule is NC1CCN(Cc2nnnn2-c2ccccc2)CC1. The van der Waals surface area contributed by atoms with E-state index in [2.05, 4.69) is 20.4 Å². The number of likely N-dealkylation sites (tertiary alicyclic amines) is 1. The lowest BCUT2D eigenvalue weighted by Gasteiger charge is -2.29. The number of hydrogen-bond acceptors (Lipinski definition) is 5. The molecule has 0 aliphatic carbocycles. The predicted octanol–water partition coefficient (Wildman–Crippen LogP) is 0.585. The number of hydrogen-bond donors (Lipinski definition) is 1. The molecule has 0 saturated carbocycles. The molecular weight excluding hydrogens is 240 g/mol. The van der Waals surface area contributed by atoms with E-state index in [-0.39, 0.29) is 0 Å². The zero-order valence-electron chi connectivity index (χ0n) is 10.8. The van der Waals surface area contributed by atoms with Crippen LogP contribution in [0.5, 0.6) is 0 Å². The van der Waals surface area contributed by atoms with Crippen molar-refractivity contribution in [2.75, 3.05) is 13.1 Å². The minimum absolute atomic E-state index is 0.348. The largest absolute Gasteiger partial charge is 0.328 e. The Labute approximate surface area is 112 Å². The van der Waals surface area contributed by atoms with Crippen molar-refractivity contribution in [3.63, 3.8) is 0 Å². The molecule has 2 aromatic rings. The Morgan fingerprint density at radius 3 is 2.63 bits per heavy atom. The second-order valence-electron chi connectivity index (χ2n) is 4.96. The first-order valence-electron chi connectivity index (χ1n) is 6.63. The summed E-state index contributed by atoms with van der Waals surface area (Å²) >= 11 is 0. The second kappa shape index (κ2) is 5.46. The Morgan fingerprint density at radius 1 is 1.16 bits per heavy atom. The van der Waals surface area contributed by atoms with Crippen molar-refractivity contribution < 1.29 is 0 Å². The minimum Gasteiger partial charge on any atom is -0.328 e. The summed E-state index contributed by atoms with van der Waals surface area (Å²) in [5.74, 6) is 0.877. The van der Waals surface area contributed by atoms with E-state index in [1.54, 1.807) is 4.68 Å². The van der Waals surface area contributed by atoms with Crippen LogP contribution in [0.4, 0.5) is 0 Å². The van der Waals surface area contributed by atoms with Gasteiger partial charge in [-0.1, -0.05) is 18.2 Å². The van der Waals surface area contributed by atoms with Crippen molar-refractivity contribution in [3.8, 4) is 5.69 Å². The van der Waals surface area contributed by atoms with Crippen LogP contribution in [-0.2, 0) is 6.54 Å². The second-order valence-corrected chi connectivity index (χ2v) is 4.96. The Kier molecular flexibility index (Phi) is 3.52. The molecular formula is C13H18N6. The molecule has 0 unspecified atom stereocenters. The highest BCUT2D eigenvalue weighted by atomic mass is 15.5. The summed E-state index contributed by atoms with van der Waals surface area (Å²) in [5, 5.41) is 12.0. The molecule has 19 heavy (non-hydrogen) atoms. The molecule has 1 aliphatic heterocycles. The van der Waals surface area contributed by atoms with E-state index in [0.29, 0.717) is 6.04 Å². The van der Waals surface area contributed by atoms with Gasteiger partial charge in [-0.15, -0.1) is 5.10 Å². The van der Waals surface area contributed by atoms with Gasteiger partial charge >= 0.3 is 0 Å². The van der Waals surface area contributed by atoms with E-state index >= 15 is 0 Å². The van der Waals surface area contributed by atoms with Crippen LogP contribution in [0, 0.1) is 0 Å². The van der Waals surface area contributed by atoms with Crippen LogP contribution >= 0.6 is 0 Å². The summed E-state index contributed by atoms with van der Waals surface area (Å²) in [7, 11) is 0.